The van der Waals surface area contributed by atoms with Crippen LogP contribution in [-0.2, 0) is 4.79 Å². The molecule has 0 heterocycles. The molecule has 2 rings (SSSR count). The van der Waals surface area contributed by atoms with Gasteiger partial charge in [-0.25, -0.2) is 0 Å². The molecule has 4 heteroatoms. The first-order chi connectivity index (χ1) is 10.4. The highest BCUT2D eigenvalue weighted by molar-refractivity contribution is 5.64. The minimum atomic E-state index is -1.03. The predicted octanol–water partition coefficient (Wildman–Crippen LogP) is 4.99. The topological polar surface area (TPSA) is 51.0 Å². The van der Waals surface area contributed by atoms with Gasteiger partial charge < -0.3 is 4.74 Å². The Hall–Kier alpha value is -2.49. The van der Waals surface area contributed by atoms with Gasteiger partial charge in [-0.3, -0.25) is 4.79 Å². The van der Waals surface area contributed by atoms with Gasteiger partial charge in [0.25, 0.3) is 0 Å². The fourth-order valence-corrected chi connectivity index (χ4v) is 1.84. The minimum Gasteiger partial charge on any atom is -0.477 e. The maximum Gasteiger partial charge on any atom is 0.245 e. The van der Waals surface area contributed by atoms with E-state index in [1.807, 2.05) is 62.6 Å². The Labute approximate surface area is 130 Å². The van der Waals surface area contributed by atoms with E-state index in [9.17, 15) is 4.79 Å². The summed E-state index contributed by atoms with van der Waals surface area (Å²) in [6.07, 6.45) is 1.88. The van der Waals surface area contributed by atoms with Gasteiger partial charge in [-0.1, -0.05) is 18.2 Å². The molecule has 2 aromatic rings. The van der Waals surface area contributed by atoms with E-state index < -0.39 is 5.60 Å². The van der Waals surface area contributed by atoms with E-state index in [4.69, 9.17) is 4.74 Å². The van der Waals surface area contributed by atoms with Crippen molar-refractivity contribution < 1.29 is 9.53 Å². The highest BCUT2D eigenvalue weighted by atomic mass is 16.5. The molecule has 0 aliphatic heterocycles. The summed E-state index contributed by atoms with van der Waals surface area (Å²) in [5.74, 6) is 0.524. The van der Waals surface area contributed by atoms with Gasteiger partial charge in [0, 0.05) is 0 Å². The molecule has 0 saturated heterocycles. The summed E-state index contributed by atoms with van der Waals surface area (Å²) in [7, 11) is 0. The molecule has 0 atom stereocenters. The van der Waals surface area contributed by atoms with Gasteiger partial charge in [-0.05, 0) is 63.1 Å². The highest BCUT2D eigenvalue weighted by Crippen LogP contribution is 2.34. The van der Waals surface area contributed by atoms with Crippen LogP contribution in [0.15, 0.2) is 52.7 Å². The smallest absolute Gasteiger partial charge is 0.245 e. The SMILES string of the molecule is Cc1cc(/N=N/c2ccccc2)c(OC(C)(C)[C]=O)cc1C. The minimum absolute atomic E-state index is 0.524. The van der Waals surface area contributed by atoms with Crippen LogP contribution in [0.25, 0.3) is 0 Å². The molecule has 4 nitrogen and oxygen atoms in total. The second-order valence-corrected chi connectivity index (χ2v) is 5.65. The van der Waals surface area contributed by atoms with Crippen molar-refractivity contribution in [3.63, 3.8) is 0 Å². The fraction of sp³-hybridized carbons (Fsp3) is 0.278. The number of benzene rings is 2. The van der Waals surface area contributed by atoms with Crippen molar-refractivity contribution in [2.24, 2.45) is 10.2 Å². The monoisotopic (exact) mass is 295 g/mol. The molecule has 113 valence electrons. The van der Waals surface area contributed by atoms with E-state index in [1.165, 1.54) is 0 Å². The third kappa shape index (κ3) is 4.01. The van der Waals surface area contributed by atoms with Gasteiger partial charge in [0.05, 0.1) is 5.69 Å². The molecule has 0 N–H and O–H groups in total. The number of hydrogen-bond acceptors (Lipinski definition) is 4. The Morgan fingerprint density at radius 3 is 2.27 bits per heavy atom. The summed E-state index contributed by atoms with van der Waals surface area (Å²) < 4.78 is 5.73. The second-order valence-electron chi connectivity index (χ2n) is 5.65. The van der Waals surface area contributed by atoms with Crippen LogP contribution >= 0.6 is 0 Å². The van der Waals surface area contributed by atoms with Crippen LogP contribution in [0.3, 0.4) is 0 Å². The Kier molecular flexibility index (Phi) is 4.71. The van der Waals surface area contributed by atoms with E-state index >= 15 is 0 Å². The third-order valence-corrected chi connectivity index (χ3v) is 3.22. The number of aryl methyl sites for hydroxylation is 2. The third-order valence-electron chi connectivity index (χ3n) is 3.22. The van der Waals surface area contributed by atoms with Crippen molar-refractivity contribution in [1.82, 2.24) is 0 Å². The Morgan fingerprint density at radius 2 is 1.64 bits per heavy atom. The highest BCUT2D eigenvalue weighted by Gasteiger charge is 2.22. The number of azo groups is 1. The molecule has 0 bridgehead atoms. The molecule has 0 spiro atoms. The number of ether oxygens (including phenoxy) is 1. The quantitative estimate of drug-likeness (QED) is 0.730. The standard InChI is InChI=1S/C18H19N2O2/c1-13-10-16(20-19-15-8-6-5-7-9-15)17(11-14(13)2)22-18(3,4)12-21/h5-11H,1-4H3/b20-19+. The Balaban J connectivity index is 2.39. The molecule has 0 aromatic heterocycles. The van der Waals surface area contributed by atoms with Crippen molar-refractivity contribution in [2.75, 3.05) is 0 Å². The van der Waals surface area contributed by atoms with E-state index in [0.717, 1.165) is 16.8 Å². The Bertz CT molecular complexity index is 692. The molecule has 1 radical (unpaired) electrons. The molecule has 0 aliphatic rings. The Morgan fingerprint density at radius 1 is 1.00 bits per heavy atom. The van der Waals surface area contributed by atoms with Crippen LogP contribution < -0.4 is 4.74 Å². The largest absolute Gasteiger partial charge is 0.477 e. The first kappa shape index (κ1) is 15.9. The molecule has 22 heavy (non-hydrogen) atoms. The van der Waals surface area contributed by atoms with E-state index in [0.29, 0.717) is 11.4 Å². The average molecular weight is 295 g/mol. The van der Waals surface area contributed by atoms with E-state index in [2.05, 4.69) is 10.2 Å². The van der Waals surface area contributed by atoms with Gasteiger partial charge in [-0.2, -0.15) is 5.11 Å². The predicted molar refractivity (Wildman–Crippen MR) is 86.9 cm³/mol. The van der Waals surface area contributed by atoms with Gasteiger partial charge in [0.1, 0.15) is 11.4 Å². The summed E-state index contributed by atoms with van der Waals surface area (Å²) in [6, 6.07) is 13.2. The number of hydrogen-bond donors (Lipinski definition) is 0. The molecule has 0 amide bonds. The zero-order chi connectivity index (χ0) is 16.2. The number of nitrogens with zero attached hydrogens (tertiary/aromatic N) is 2. The van der Waals surface area contributed by atoms with Crippen molar-refractivity contribution in [1.29, 1.82) is 0 Å². The molecule has 0 aliphatic carbocycles. The van der Waals surface area contributed by atoms with Crippen molar-refractivity contribution >= 4 is 17.7 Å². The zero-order valence-electron chi connectivity index (χ0n) is 13.3. The van der Waals surface area contributed by atoms with Crippen molar-refractivity contribution in [2.45, 2.75) is 33.3 Å². The van der Waals surface area contributed by atoms with Crippen molar-refractivity contribution in [3.05, 3.63) is 53.6 Å². The first-order valence-electron chi connectivity index (χ1n) is 7.07. The summed E-state index contributed by atoms with van der Waals surface area (Å²) in [4.78, 5) is 11.0. The summed E-state index contributed by atoms with van der Waals surface area (Å²) in [5, 5.41) is 8.48. The van der Waals surface area contributed by atoms with Gasteiger partial charge in [0.15, 0.2) is 5.60 Å². The lowest BCUT2D eigenvalue weighted by Gasteiger charge is -2.20. The summed E-state index contributed by atoms with van der Waals surface area (Å²) >= 11 is 0. The van der Waals surface area contributed by atoms with Crippen LogP contribution in [-0.4, -0.2) is 11.9 Å². The molecular formula is C18H19N2O2. The maximum absolute atomic E-state index is 11.0. The van der Waals surface area contributed by atoms with Crippen LogP contribution in [0.5, 0.6) is 5.75 Å². The molecule has 0 saturated carbocycles. The van der Waals surface area contributed by atoms with E-state index in [-0.39, 0.29) is 0 Å². The van der Waals surface area contributed by atoms with Gasteiger partial charge in [0.2, 0.25) is 6.29 Å². The molecule has 0 fully saturated rings. The molecule has 2 aromatic carbocycles. The molecule has 0 unspecified atom stereocenters. The van der Waals surface area contributed by atoms with E-state index in [1.54, 1.807) is 13.8 Å². The summed E-state index contributed by atoms with van der Waals surface area (Å²) in [6.45, 7) is 7.30. The van der Waals surface area contributed by atoms with Crippen molar-refractivity contribution in [3.8, 4) is 5.75 Å². The van der Waals surface area contributed by atoms with Crippen LogP contribution in [0.2, 0.25) is 0 Å². The lowest BCUT2D eigenvalue weighted by atomic mass is 10.1. The number of carbonyl (C=O) groups excluding carboxylic acids is 1. The van der Waals surface area contributed by atoms with Gasteiger partial charge in [-0.15, -0.1) is 5.11 Å². The van der Waals surface area contributed by atoms with Crippen LogP contribution in [0.1, 0.15) is 25.0 Å². The normalized spacial score (nSPS) is 11.6. The first-order valence-corrected chi connectivity index (χ1v) is 7.07. The van der Waals surface area contributed by atoms with Crippen LogP contribution in [0, 0.1) is 13.8 Å². The lowest BCUT2D eigenvalue weighted by molar-refractivity contribution is 0.177. The maximum atomic E-state index is 11.0. The van der Waals surface area contributed by atoms with Gasteiger partial charge >= 0.3 is 0 Å². The van der Waals surface area contributed by atoms with Crippen LogP contribution in [0.4, 0.5) is 11.4 Å². The second kappa shape index (κ2) is 6.52. The average Bonchev–Trinajstić information content (AvgIpc) is 2.50. The lowest BCUT2D eigenvalue weighted by Crippen LogP contribution is -2.29. The summed E-state index contributed by atoms with van der Waals surface area (Å²) in [5.41, 5.74) is 2.47. The molecular weight excluding hydrogens is 276 g/mol. The zero-order valence-corrected chi connectivity index (χ0v) is 13.3. The number of rotatable bonds is 5. The fourth-order valence-electron chi connectivity index (χ4n) is 1.84.